The average molecular weight is 413 g/mol. The summed E-state index contributed by atoms with van der Waals surface area (Å²) in [5.41, 5.74) is 4.00. The highest BCUT2D eigenvalue weighted by Gasteiger charge is 2.13. The van der Waals surface area contributed by atoms with Crippen molar-refractivity contribution in [3.05, 3.63) is 61.7 Å². The van der Waals surface area contributed by atoms with Crippen LogP contribution in [0.1, 0.15) is 21.5 Å². The summed E-state index contributed by atoms with van der Waals surface area (Å²) >= 11 is 8.09. The first-order valence-electron chi connectivity index (χ1n) is 6.72. The fourth-order valence-electron chi connectivity index (χ4n) is 2.41. The topological polar surface area (TPSA) is 41.1 Å². The third-order valence-electron chi connectivity index (χ3n) is 3.53. The van der Waals surface area contributed by atoms with Gasteiger partial charge in [-0.3, -0.25) is 4.79 Å². The molecular weight excluding hydrogens is 399 g/mol. The van der Waals surface area contributed by atoms with E-state index in [1.807, 2.05) is 24.3 Å². The van der Waals surface area contributed by atoms with Gasteiger partial charge in [-0.1, -0.05) is 17.7 Å². The Morgan fingerprint density at radius 3 is 2.86 bits per heavy atom. The molecule has 1 aliphatic rings. The molecule has 21 heavy (non-hydrogen) atoms. The smallest absolute Gasteiger partial charge is 0.255 e. The highest BCUT2D eigenvalue weighted by Crippen LogP contribution is 2.23. The van der Waals surface area contributed by atoms with Gasteiger partial charge in [-0.2, -0.15) is 0 Å². The van der Waals surface area contributed by atoms with Gasteiger partial charge in [0.1, 0.15) is 0 Å². The second-order valence-corrected chi connectivity index (χ2v) is 6.59. The molecule has 3 rings (SSSR count). The Morgan fingerprint density at radius 1 is 1.19 bits per heavy atom. The molecule has 0 saturated heterocycles. The lowest BCUT2D eigenvalue weighted by atomic mass is 9.98. The first-order valence-corrected chi connectivity index (χ1v) is 8.18. The number of amides is 1. The summed E-state index contributed by atoms with van der Waals surface area (Å²) < 4.78 is 0.924. The summed E-state index contributed by atoms with van der Waals surface area (Å²) in [6, 6.07) is 11.3. The molecule has 108 valence electrons. The predicted octanol–water partition coefficient (Wildman–Crippen LogP) is 3.84. The molecular formula is C16H14ClIN2O. The van der Waals surface area contributed by atoms with Crippen molar-refractivity contribution < 1.29 is 4.79 Å². The van der Waals surface area contributed by atoms with E-state index in [9.17, 15) is 4.79 Å². The highest BCUT2D eigenvalue weighted by atomic mass is 127. The maximum Gasteiger partial charge on any atom is 0.255 e. The molecule has 1 aliphatic heterocycles. The van der Waals surface area contributed by atoms with Crippen LogP contribution in [0.2, 0.25) is 5.02 Å². The van der Waals surface area contributed by atoms with Crippen LogP contribution in [0.3, 0.4) is 0 Å². The summed E-state index contributed by atoms with van der Waals surface area (Å²) in [5, 5.41) is 6.92. The zero-order valence-electron chi connectivity index (χ0n) is 11.2. The van der Waals surface area contributed by atoms with Crippen LogP contribution in [0.15, 0.2) is 36.4 Å². The van der Waals surface area contributed by atoms with Crippen molar-refractivity contribution >= 4 is 45.8 Å². The molecule has 2 aromatic rings. The monoisotopic (exact) mass is 412 g/mol. The molecule has 0 unspecified atom stereocenters. The minimum absolute atomic E-state index is 0.0939. The Morgan fingerprint density at radius 2 is 2.05 bits per heavy atom. The number of anilines is 1. The van der Waals surface area contributed by atoms with E-state index in [2.05, 4.69) is 39.3 Å². The number of rotatable bonds is 2. The number of carbonyl (C=O) groups excluding carboxylic acids is 1. The Kier molecular flexibility index (Phi) is 4.47. The Labute approximate surface area is 142 Å². The van der Waals surface area contributed by atoms with Gasteiger partial charge in [-0.15, -0.1) is 0 Å². The Hall–Kier alpha value is -1.11. The van der Waals surface area contributed by atoms with Gasteiger partial charge in [0.15, 0.2) is 0 Å². The van der Waals surface area contributed by atoms with Gasteiger partial charge in [0.2, 0.25) is 0 Å². The molecule has 0 atom stereocenters. The van der Waals surface area contributed by atoms with Crippen LogP contribution in [0.5, 0.6) is 0 Å². The second-order valence-electron chi connectivity index (χ2n) is 4.99. The summed E-state index contributed by atoms with van der Waals surface area (Å²) in [6.45, 7) is 1.83. The van der Waals surface area contributed by atoms with Crippen molar-refractivity contribution in [3.8, 4) is 0 Å². The molecule has 0 bridgehead atoms. The lowest BCUT2D eigenvalue weighted by molar-refractivity contribution is 0.102. The molecule has 0 saturated carbocycles. The van der Waals surface area contributed by atoms with Gasteiger partial charge < -0.3 is 10.6 Å². The number of benzene rings is 2. The minimum atomic E-state index is -0.0939. The third-order valence-corrected chi connectivity index (χ3v) is 4.66. The van der Waals surface area contributed by atoms with E-state index in [0.717, 1.165) is 28.8 Å². The van der Waals surface area contributed by atoms with Crippen LogP contribution in [-0.2, 0) is 13.0 Å². The largest absolute Gasteiger partial charge is 0.321 e. The first kappa shape index (κ1) is 14.8. The van der Waals surface area contributed by atoms with Gasteiger partial charge in [0.25, 0.3) is 5.91 Å². The van der Waals surface area contributed by atoms with Crippen LogP contribution in [0.25, 0.3) is 0 Å². The number of halogens is 2. The molecule has 1 amide bonds. The van der Waals surface area contributed by atoms with Crippen molar-refractivity contribution in [2.24, 2.45) is 0 Å². The van der Waals surface area contributed by atoms with Crippen LogP contribution < -0.4 is 10.6 Å². The molecule has 0 spiro atoms. The number of nitrogens with one attached hydrogen (secondary N) is 2. The van der Waals surface area contributed by atoms with E-state index in [1.54, 1.807) is 6.07 Å². The zero-order valence-corrected chi connectivity index (χ0v) is 14.2. The van der Waals surface area contributed by atoms with Crippen LogP contribution in [0, 0.1) is 3.57 Å². The SMILES string of the molecule is O=C(Nc1ccc(Cl)cc1I)c1ccc2c(c1)CNCC2. The molecule has 5 heteroatoms. The van der Waals surface area contributed by atoms with E-state index >= 15 is 0 Å². The fourth-order valence-corrected chi connectivity index (χ4v) is 3.41. The van der Waals surface area contributed by atoms with Crippen LogP contribution in [-0.4, -0.2) is 12.5 Å². The fraction of sp³-hybridized carbons (Fsp3) is 0.188. The predicted molar refractivity (Wildman–Crippen MR) is 94.0 cm³/mol. The second kappa shape index (κ2) is 6.34. The van der Waals surface area contributed by atoms with Gasteiger partial charge in [0.05, 0.1) is 5.69 Å². The van der Waals surface area contributed by atoms with Gasteiger partial charge in [0, 0.05) is 20.7 Å². The van der Waals surface area contributed by atoms with E-state index in [1.165, 1.54) is 11.1 Å². The standard InChI is InChI=1S/C16H14ClIN2O/c17-13-3-4-15(14(18)8-13)20-16(21)11-2-1-10-5-6-19-9-12(10)7-11/h1-4,7-8,19H,5-6,9H2,(H,20,21). The molecule has 2 aromatic carbocycles. The molecule has 0 fully saturated rings. The Bertz CT molecular complexity index is 703. The number of carbonyl (C=O) groups is 1. The summed E-state index contributed by atoms with van der Waals surface area (Å²) in [5.74, 6) is -0.0939. The van der Waals surface area contributed by atoms with E-state index in [0.29, 0.717) is 10.6 Å². The van der Waals surface area contributed by atoms with E-state index in [4.69, 9.17) is 11.6 Å². The van der Waals surface area contributed by atoms with E-state index < -0.39 is 0 Å². The summed E-state index contributed by atoms with van der Waals surface area (Å²) in [4.78, 5) is 12.4. The lowest BCUT2D eigenvalue weighted by Gasteiger charge is -2.17. The molecule has 0 radical (unpaired) electrons. The molecule has 3 nitrogen and oxygen atoms in total. The maximum atomic E-state index is 12.4. The van der Waals surface area contributed by atoms with Crippen LogP contribution >= 0.6 is 34.2 Å². The van der Waals surface area contributed by atoms with Gasteiger partial charge in [-0.25, -0.2) is 0 Å². The van der Waals surface area contributed by atoms with Crippen molar-refractivity contribution in [1.29, 1.82) is 0 Å². The van der Waals surface area contributed by atoms with Crippen molar-refractivity contribution in [2.45, 2.75) is 13.0 Å². The molecule has 0 aliphatic carbocycles. The molecule has 2 N–H and O–H groups in total. The molecule has 1 heterocycles. The zero-order chi connectivity index (χ0) is 14.8. The number of hydrogen-bond acceptors (Lipinski definition) is 2. The van der Waals surface area contributed by atoms with Crippen LogP contribution in [0.4, 0.5) is 5.69 Å². The third kappa shape index (κ3) is 3.39. The van der Waals surface area contributed by atoms with Gasteiger partial charge >= 0.3 is 0 Å². The van der Waals surface area contributed by atoms with Crippen molar-refractivity contribution in [3.63, 3.8) is 0 Å². The Balaban J connectivity index is 1.82. The van der Waals surface area contributed by atoms with E-state index in [-0.39, 0.29) is 5.91 Å². The highest BCUT2D eigenvalue weighted by molar-refractivity contribution is 14.1. The molecule has 0 aromatic heterocycles. The van der Waals surface area contributed by atoms with Crippen molar-refractivity contribution in [2.75, 3.05) is 11.9 Å². The first-order chi connectivity index (χ1) is 10.1. The lowest BCUT2D eigenvalue weighted by Crippen LogP contribution is -2.24. The normalized spacial score (nSPS) is 13.6. The minimum Gasteiger partial charge on any atom is -0.321 e. The number of hydrogen-bond donors (Lipinski definition) is 2. The van der Waals surface area contributed by atoms with Gasteiger partial charge in [-0.05, 0) is 77.0 Å². The maximum absolute atomic E-state index is 12.4. The quantitative estimate of drug-likeness (QED) is 0.736. The van der Waals surface area contributed by atoms with Crippen molar-refractivity contribution in [1.82, 2.24) is 5.32 Å². The average Bonchev–Trinajstić information content (AvgIpc) is 2.49. The number of fused-ring (bicyclic) bond motifs is 1. The summed E-state index contributed by atoms with van der Waals surface area (Å²) in [6.07, 6.45) is 1.02. The summed E-state index contributed by atoms with van der Waals surface area (Å²) in [7, 11) is 0.